The normalized spacial score (nSPS) is 17.4. The van der Waals surface area contributed by atoms with Crippen molar-refractivity contribution in [2.24, 2.45) is 0 Å². The largest absolute Gasteiger partial charge is 0.0622 e. The number of rotatable bonds is 2. The zero-order valence-electron chi connectivity index (χ0n) is 9.89. The standard InChI is InChI=1S/C17H16/c1-3-7-14(8-4-1)16-11-12-17(13-16)15-9-5-2-6-10-15/h1-10H,11-13H2. The molecule has 0 atom stereocenters. The minimum absolute atomic E-state index is 1.15. The first-order valence-corrected chi connectivity index (χ1v) is 6.24. The van der Waals surface area contributed by atoms with Gasteiger partial charge in [-0.25, -0.2) is 0 Å². The third kappa shape index (κ3) is 2.26. The molecule has 1 fully saturated rings. The summed E-state index contributed by atoms with van der Waals surface area (Å²) in [6.07, 6.45) is 3.58. The summed E-state index contributed by atoms with van der Waals surface area (Å²) in [7, 11) is 0. The molecule has 0 aromatic heterocycles. The Balaban J connectivity index is 1.75. The smallest absolute Gasteiger partial charge is 0.00592 e. The van der Waals surface area contributed by atoms with E-state index in [1.54, 1.807) is 11.8 Å². The fourth-order valence-corrected chi connectivity index (χ4v) is 2.58. The van der Waals surface area contributed by atoms with Crippen LogP contribution in [0.5, 0.6) is 0 Å². The van der Waals surface area contributed by atoms with Crippen LogP contribution in [-0.2, 0) is 0 Å². The maximum Gasteiger partial charge on any atom is 0.00592 e. The molecule has 0 aliphatic heterocycles. The number of benzene rings is 2. The fourth-order valence-electron chi connectivity index (χ4n) is 2.58. The van der Waals surface area contributed by atoms with Crippen molar-refractivity contribution in [2.45, 2.75) is 19.3 Å². The minimum atomic E-state index is 1.15. The molecule has 2 aromatic carbocycles. The van der Waals surface area contributed by atoms with E-state index >= 15 is 0 Å². The van der Waals surface area contributed by atoms with Crippen molar-refractivity contribution in [1.29, 1.82) is 0 Å². The Hall–Kier alpha value is -1.56. The van der Waals surface area contributed by atoms with E-state index in [1.165, 1.54) is 24.0 Å². The minimum Gasteiger partial charge on any atom is -0.0622 e. The van der Waals surface area contributed by atoms with Gasteiger partial charge in [-0.3, -0.25) is 0 Å². The highest BCUT2D eigenvalue weighted by Gasteiger charge is 2.27. The van der Waals surface area contributed by atoms with Gasteiger partial charge in [-0.2, -0.15) is 0 Å². The summed E-state index contributed by atoms with van der Waals surface area (Å²) in [4.78, 5) is 0. The van der Waals surface area contributed by atoms with Crippen LogP contribution in [0.2, 0.25) is 0 Å². The highest BCUT2D eigenvalue weighted by atomic mass is 14.3. The zero-order valence-corrected chi connectivity index (χ0v) is 9.89. The molecule has 0 amide bonds. The zero-order chi connectivity index (χ0) is 11.5. The molecule has 0 heteroatoms. The summed E-state index contributed by atoms with van der Waals surface area (Å²) >= 11 is 0. The Kier molecular flexibility index (Phi) is 2.96. The predicted octanol–water partition coefficient (Wildman–Crippen LogP) is 4.42. The van der Waals surface area contributed by atoms with E-state index in [0.29, 0.717) is 0 Å². The van der Waals surface area contributed by atoms with Crippen LogP contribution in [0.25, 0.3) is 0 Å². The summed E-state index contributed by atoms with van der Waals surface area (Å²) in [5, 5.41) is 0. The monoisotopic (exact) mass is 220 g/mol. The van der Waals surface area contributed by atoms with Crippen LogP contribution in [0, 0.1) is 11.8 Å². The van der Waals surface area contributed by atoms with Crippen molar-refractivity contribution in [3.8, 4) is 0 Å². The predicted molar refractivity (Wildman–Crippen MR) is 71.4 cm³/mol. The fraction of sp³-hybridized carbons (Fsp3) is 0.176. The van der Waals surface area contributed by atoms with Crippen molar-refractivity contribution in [3.05, 3.63) is 83.6 Å². The molecular formula is C17H16. The van der Waals surface area contributed by atoms with Gasteiger partial charge in [-0.1, -0.05) is 60.7 Å². The van der Waals surface area contributed by atoms with Gasteiger partial charge in [-0.05, 0) is 30.4 Å². The van der Waals surface area contributed by atoms with Crippen LogP contribution < -0.4 is 0 Å². The van der Waals surface area contributed by atoms with Crippen molar-refractivity contribution in [3.63, 3.8) is 0 Å². The van der Waals surface area contributed by atoms with Gasteiger partial charge in [0.2, 0.25) is 0 Å². The van der Waals surface area contributed by atoms with Crippen LogP contribution >= 0.6 is 0 Å². The summed E-state index contributed by atoms with van der Waals surface area (Å²) < 4.78 is 0. The van der Waals surface area contributed by atoms with E-state index in [2.05, 4.69) is 60.7 Å². The molecule has 0 nitrogen and oxygen atoms in total. The third-order valence-electron chi connectivity index (χ3n) is 3.52. The Labute approximate surface area is 103 Å². The van der Waals surface area contributed by atoms with E-state index < -0.39 is 0 Å². The van der Waals surface area contributed by atoms with Gasteiger partial charge in [0.1, 0.15) is 0 Å². The molecule has 0 spiro atoms. The van der Waals surface area contributed by atoms with Crippen molar-refractivity contribution >= 4 is 0 Å². The van der Waals surface area contributed by atoms with Gasteiger partial charge < -0.3 is 0 Å². The van der Waals surface area contributed by atoms with Gasteiger partial charge in [0.25, 0.3) is 0 Å². The summed E-state index contributed by atoms with van der Waals surface area (Å²) in [5.74, 6) is 3.17. The molecule has 1 aliphatic rings. The van der Waals surface area contributed by atoms with Crippen molar-refractivity contribution in [2.75, 3.05) is 0 Å². The lowest BCUT2D eigenvalue weighted by Crippen LogP contribution is -1.96. The van der Waals surface area contributed by atoms with Crippen molar-refractivity contribution in [1.82, 2.24) is 0 Å². The summed E-state index contributed by atoms with van der Waals surface area (Å²) in [6, 6.07) is 21.6. The van der Waals surface area contributed by atoms with Gasteiger partial charge in [0.15, 0.2) is 0 Å². The average Bonchev–Trinajstić information content (AvgIpc) is 2.90. The van der Waals surface area contributed by atoms with Gasteiger partial charge >= 0.3 is 0 Å². The van der Waals surface area contributed by atoms with E-state index in [4.69, 9.17) is 0 Å². The Bertz CT molecular complexity index is 412. The molecule has 0 heterocycles. The lowest BCUT2D eigenvalue weighted by Gasteiger charge is -2.11. The summed E-state index contributed by atoms with van der Waals surface area (Å²) in [6.45, 7) is 0. The Morgan fingerprint density at radius 1 is 0.529 bits per heavy atom. The van der Waals surface area contributed by atoms with Crippen LogP contribution in [0.15, 0.2) is 60.7 Å². The SMILES string of the molecule is c1ccc([C]2CC[C](c3ccccc3)C2)cc1. The number of hydrogen-bond donors (Lipinski definition) is 0. The molecule has 0 bridgehead atoms. The molecule has 1 aliphatic carbocycles. The Morgan fingerprint density at radius 3 is 1.35 bits per heavy atom. The Morgan fingerprint density at radius 2 is 0.941 bits per heavy atom. The second-order valence-electron chi connectivity index (χ2n) is 4.62. The molecule has 0 N–H and O–H groups in total. The van der Waals surface area contributed by atoms with Crippen LogP contribution in [0.4, 0.5) is 0 Å². The van der Waals surface area contributed by atoms with Crippen LogP contribution in [0.1, 0.15) is 30.4 Å². The highest BCUT2D eigenvalue weighted by Crippen LogP contribution is 2.41. The lowest BCUT2D eigenvalue weighted by atomic mass is 9.93. The van der Waals surface area contributed by atoms with Crippen molar-refractivity contribution < 1.29 is 0 Å². The van der Waals surface area contributed by atoms with Gasteiger partial charge in [-0.15, -0.1) is 0 Å². The quantitative estimate of drug-likeness (QED) is 0.703. The third-order valence-corrected chi connectivity index (χ3v) is 3.52. The first-order chi connectivity index (χ1) is 8.43. The molecule has 17 heavy (non-hydrogen) atoms. The maximum atomic E-state index is 2.23. The molecular weight excluding hydrogens is 204 g/mol. The van der Waals surface area contributed by atoms with Gasteiger partial charge in [0, 0.05) is 11.8 Å². The average molecular weight is 220 g/mol. The molecule has 2 radical (unpaired) electrons. The second-order valence-corrected chi connectivity index (χ2v) is 4.62. The van der Waals surface area contributed by atoms with E-state index in [1.807, 2.05) is 0 Å². The van der Waals surface area contributed by atoms with Crippen LogP contribution in [-0.4, -0.2) is 0 Å². The second kappa shape index (κ2) is 4.75. The van der Waals surface area contributed by atoms with Gasteiger partial charge in [0.05, 0.1) is 0 Å². The molecule has 2 aromatic rings. The first kappa shape index (κ1) is 10.6. The number of hydrogen-bond acceptors (Lipinski definition) is 0. The topological polar surface area (TPSA) is 0 Å². The van der Waals surface area contributed by atoms with Crippen LogP contribution in [0.3, 0.4) is 0 Å². The molecule has 3 rings (SSSR count). The van der Waals surface area contributed by atoms with E-state index in [9.17, 15) is 0 Å². The lowest BCUT2D eigenvalue weighted by molar-refractivity contribution is 0.942. The highest BCUT2D eigenvalue weighted by molar-refractivity contribution is 5.42. The summed E-state index contributed by atoms with van der Waals surface area (Å²) in [5.41, 5.74) is 2.83. The molecule has 0 unspecified atom stereocenters. The van der Waals surface area contributed by atoms with E-state index in [-0.39, 0.29) is 0 Å². The molecule has 0 saturated heterocycles. The molecule has 84 valence electrons. The van der Waals surface area contributed by atoms with E-state index in [0.717, 1.165) is 6.42 Å². The molecule has 1 saturated carbocycles. The maximum absolute atomic E-state index is 2.23. The first-order valence-electron chi connectivity index (χ1n) is 6.24.